The molecule has 1 heterocycles. The molecule has 0 fully saturated rings. The van der Waals surface area contributed by atoms with Crippen molar-refractivity contribution in [2.24, 2.45) is 0 Å². The zero-order valence-electron chi connectivity index (χ0n) is 9.27. The first-order valence-corrected chi connectivity index (χ1v) is 5.60. The molecule has 1 N–H and O–H groups in total. The summed E-state index contributed by atoms with van der Waals surface area (Å²) in [6.45, 7) is 0.146. The Hall–Kier alpha value is -1.08. The van der Waals surface area contributed by atoms with Gasteiger partial charge in [-0.1, -0.05) is 11.6 Å². The molecule has 0 aromatic heterocycles. The number of hydrogen-bond donors (Lipinski definition) is 1. The van der Waals surface area contributed by atoms with Gasteiger partial charge in [0.2, 0.25) is 0 Å². The van der Waals surface area contributed by atoms with Crippen LogP contribution in [0.2, 0.25) is 5.02 Å². The number of alkyl halides is 5. The van der Waals surface area contributed by atoms with Crippen molar-refractivity contribution in [2.75, 3.05) is 6.61 Å². The van der Waals surface area contributed by atoms with Crippen molar-refractivity contribution in [1.82, 2.24) is 0 Å². The van der Waals surface area contributed by atoms with Crippen molar-refractivity contribution < 1.29 is 31.8 Å². The molecule has 0 spiro atoms. The molecule has 19 heavy (non-hydrogen) atoms. The second-order valence-corrected chi connectivity index (χ2v) is 4.54. The first kappa shape index (κ1) is 14.3. The Morgan fingerprint density at radius 3 is 2.42 bits per heavy atom. The number of aliphatic hydroxyl groups excluding tert-OH is 1. The van der Waals surface area contributed by atoms with Gasteiger partial charge in [-0.15, -0.1) is 0 Å². The SMILES string of the molecule is OC(c1cc(Cl)cc2c1OCC2)C(F)(F)C(F)(F)F. The summed E-state index contributed by atoms with van der Waals surface area (Å²) in [5.74, 6) is -5.43. The van der Waals surface area contributed by atoms with Crippen LogP contribution in [-0.2, 0) is 6.42 Å². The van der Waals surface area contributed by atoms with E-state index in [1.807, 2.05) is 0 Å². The van der Waals surface area contributed by atoms with Gasteiger partial charge in [-0.05, 0) is 17.7 Å². The van der Waals surface area contributed by atoms with Crippen LogP contribution in [0.1, 0.15) is 17.2 Å². The van der Waals surface area contributed by atoms with Gasteiger partial charge in [0.05, 0.1) is 6.61 Å². The predicted octanol–water partition coefficient (Wildman–Crippen LogP) is 3.51. The molecule has 2 nitrogen and oxygen atoms in total. The van der Waals surface area contributed by atoms with E-state index in [1.165, 1.54) is 6.07 Å². The molecule has 106 valence electrons. The fraction of sp³-hybridized carbons (Fsp3) is 0.455. The van der Waals surface area contributed by atoms with E-state index in [0.717, 1.165) is 6.07 Å². The smallest absolute Gasteiger partial charge is 0.456 e. The minimum absolute atomic E-state index is 0.0312. The minimum atomic E-state index is -5.86. The number of benzene rings is 1. The van der Waals surface area contributed by atoms with Crippen molar-refractivity contribution in [1.29, 1.82) is 0 Å². The zero-order chi connectivity index (χ0) is 14.4. The summed E-state index contributed by atoms with van der Waals surface area (Å²) >= 11 is 5.64. The Bertz CT molecular complexity index is 501. The van der Waals surface area contributed by atoms with Crippen molar-refractivity contribution >= 4 is 11.6 Å². The molecule has 1 unspecified atom stereocenters. The Morgan fingerprint density at radius 1 is 1.21 bits per heavy atom. The average molecular weight is 303 g/mol. The van der Waals surface area contributed by atoms with Gasteiger partial charge < -0.3 is 9.84 Å². The topological polar surface area (TPSA) is 29.5 Å². The van der Waals surface area contributed by atoms with Crippen LogP contribution >= 0.6 is 11.6 Å². The molecule has 0 bridgehead atoms. The molecule has 0 radical (unpaired) electrons. The van der Waals surface area contributed by atoms with Gasteiger partial charge in [-0.25, -0.2) is 0 Å². The fourth-order valence-electron chi connectivity index (χ4n) is 1.85. The third-order valence-electron chi connectivity index (χ3n) is 2.79. The van der Waals surface area contributed by atoms with E-state index in [1.54, 1.807) is 0 Å². The van der Waals surface area contributed by atoms with Crippen LogP contribution in [0.3, 0.4) is 0 Å². The quantitative estimate of drug-likeness (QED) is 0.847. The van der Waals surface area contributed by atoms with E-state index in [4.69, 9.17) is 16.3 Å². The van der Waals surface area contributed by atoms with E-state index in [2.05, 4.69) is 0 Å². The Balaban J connectivity index is 2.48. The van der Waals surface area contributed by atoms with Crippen LogP contribution in [0.4, 0.5) is 22.0 Å². The molecule has 1 aliphatic heterocycles. The van der Waals surface area contributed by atoms with Crippen LogP contribution in [-0.4, -0.2) is 23.8 Å². The summed E-state index contributed by atoms with van der Waals surface area (Å²) in [5, 5.41) is 9.33. The normalized spacial score (nSPS) is 17.0. The van der Waals surface area contributed by atoms with Crippen molar-refractivity contribution in [3.63, 3.8) is 0 Å². The summed E-state index contributed by atoms with van der Waals surface area (Å²) in [6.07, 6.45) is -8.58. The highest BCUT2D eigenvalue weighted by Gasteiger charge is 2.63. The highest BCUT2D eigenvalue weighted by atomic mass is 35.5. The minimum Gasteiger partial charge on any atom is -0.493 e. The molecular formula is C11H8ClF5O2. The standard InChI is InChI=1S/C11H8ClF5O2/c12-6-3-5-1-2-19-8(5)7(4-6)9(18)10(13,14)11(15,16)17/h3-4,9,18H,1-2H2. The number of halogens is 6. The number of fused-ring (bicyclic) bond motifs is 1. The number of rotatable bonds is 2. The Kier molecular flexibility index (Phi) is 3.38. The molecule has 8 heteroatoms. The van der Waals surface area contributed by atoms with Crippen molar-refractivity contribution in [3.8, 4) is 5.75 Å². The van der Waals surface area contributed by atoms with Gasteiger partial charge >= 0.3 is 12.1 Å². The number of aliphatic hydroxyl groups is 1. The Morgan fingerprint density at radius 2 is 1.84 bits per heavy atom. The Labute approximate surface area is 109 Å². The number of hydrogen-bond acceptors (Lipinski definition) is 2. The summed E-state index contributed by atoms with van der Waals surface area (Å²) in [7, 11) is 0. The zero-order valence-corrected chi connectivity index (χ0v) is 10.0. The first-order valence-electron chi connectivity index (χ1n) is 5.22. The van der Waals surface area contributed by atoms with Gasteiger partial charge in [0.25, 0.3) is 0 Å². The molecule has 1 atom stereocenters. The maximum Gasteiger partial charge on any atom is 0.456 e. The fourth-order valence-corrected chi connectivity index (χ4v) is 2.10. The van der Waals surface area contributed by atoms with Crippen LogP contribution in [0, 0.1) is 0 Å². The van der Waals surface area contributed by atoms with Gasteiger partial charge in [0.1, 0.15) is 5.75 Å². The average Bonchev–Trinajstić information content (AvgIpc) is 2.72. The van der Waals surface area contributed by atoms with Crippen LogP contribution in [0.25, 0.3) is 0 Å². The monoisotopic (exact) mass is 302 g/mol. The molecule has 0 amide bonds. The van der Waals surface area contributed by atoms with E-state index in [9.17, 15) is 27.1 Å². The lowest BCUT2D eigenvalue weighted by Crippen LogP contribution is -2.42. The molecule has 1 aromatic rings. The van der Waals surface area contributed by atoms with Crippen LogP contribution < -0.4 is 4.74 Å². The van der Waals surface area contributed by atoms with Crippen molar-refractivity contribution in [3.05, 3.63) is 28.3 Å². The highest BCUT2D eigenvalue weighted by Crippen LogP contribution is 2.48. The summed E-state index contributed by atoms with van der Waals surface area (Å²) < 4.78 is 68.0. The van der Waals surface area contributed by atoms with Gasteiger partial charge in [-0.3, -0.25) is 0 Å². The van der Waals surface area contributed by atoms with E-state index in [0.29, 0.717) is 12.0 Å². The lowest BCUT2D eigenvalue weighted by atomic mass is 9.99. The van der Waals surface area contributed by atoms with Gasteiger partial charge in [-0.2, -0.15) is 22.0 Å². The summed E-state index contributed by atoms with van der Waals surface area (Å²) in [6, 6.07) is 2.27. The molecule has 0 saturated carbocycles. The maximum absolute atomic E-state index is 13.1. The summed E-state index contributed by atoms with van der Waals surface area (Å²) in [4.78, 5) is 0. The van der Waals surface area contributed by atoms with Crippen molar-refractivity contribution in [2.45, 2.75) is 24.6 Å². The molecule has 0 saturated heterocycles. The molecule has 1 aromatic carbocycles. The molecule has 2 rings (SSSR count). The third kappa shape index (κ3) is 2.36. The predicted molar refractivity (Wildman–Crippen MR) is 56.6 cm³/mol. The van der Waals surface area contributed by atoms with Crippen LogP contribution in [0.5, 0.6) is 5.75 Å². The summed E-state index contributed by atoms with van der Waals surface area (Å²) in [5.41, 5.74) is -0.248. The maximum atomic E-state index is 13.1. The lowest BCUT2D eigenvalue weighted by molar-refractivity contribution is -0.315. The van der Waals surface area contributed by atoms with E-state index in [-0.39, 0.29) is 17.4 Å². The van der Waals surface area contributed by atoms with E-state index < -0.39 is 23.8 Å². The molecule has 1 aliphatic rings. The van der Waals surface area contributed by atoms with Gasteiger partial charge in [0.15, 0.2) is 6.10 Å². The lowest BCUT2D eigenvalue weighted by Gasteiger charge is -2.26. The second kappa shape index (κ2) is 4.49. The third-order valence-corrected chi connectivity index (χ3v) is 3.01. The molecular weight excluding hydrogens is 295 g/mol. The first-order chi connectivity index (χ1) is 8.64. The van der Waals surface area contributed by atoms with E-state index >= 15 is 0 Å². The largest absolute Gasteiger partial charge is 0.493 e. The number of ether oxygens (including phenoxy) is 1. The molecule has 0 aliphatic carbocycles. The highest BCUT2D eigenvalue weighted by molar-refractivity contribution is 6.30. The second-order valence-electron chi connectivity index (χ2n) is 4.10. The van der Waals surface area contributed by atoms with Crippen LogP contribution in [0.15, 0.2) is 12.1 Å². The van der Waals surface area contributed by atoms with Gasteiger partial charge in [0, 0.05) is 17.0 Å².